The van der Waals surface area contributed by atoms with Gasteiger partial charge in [-0.05, 0) is 11.6 Å². The molecule has 1 aromatic rings. The van der Waals surface area contributed by atoms with Crippen molar-refractivity contribution < 1.29 is 34.6 Å². The van der Waals surface area contributed by atoms with Crippen LogP contribution in [-0.2, 0) is 20.9 Å². The minimum Gasteiger partial charge on any atom is -0.258 e. The van der Waals surface area contributed by atoms with Gasteiger partial charge in [-0.2, -0.15) is 21.6 Å². The van der Waals surface area contributed by atoms with Crippen LogP contribution in [0.15, 0.2) is 24.3 Å². The topological polar surface area (TPSA) is 43.4 Å². The van der Waals surface area contributed by atoms with Gasteiger partial charge < -0.3 is 0 Å². The van der Waals surface area contributed by atoms with E-state index in [0.717, 1.165) is 12.1 Å². The molecule has 0 fully saturated rings. The summed E-state index contributed by atoms with van der Waals surface area (Å²) in [6.07, 6.45) is -2.80. The number of halogens is 5. The summed E-state index contributed by atoms with van der Waals surface area (Å²) in [4.78, 5) is 0. The molecule has 0 aliphatic carbocycles. The molecule has 0 radical (unpaired) electrons. The van der Waals surface area contributed by atoms with Gasteiger partial charge >= 0.3 is 15.6 Å². The maximum absolute atomic E-state index is 12.3. The molecule has 0 aromatic heterocycles. The first-order valence-corrected chi connectivity index (χ1v) is 5.87. The highest BCUT2D eigenvalue weighted by Gasteiger charge is 2.47. The maximum atomic E-state index is 12.3. The number of hydrogen-bond acceptors (Lipinski definition) is 3. The smallest absolute Gasteiger partial charge is 0.258 e. The number of hydrogen-bond donors (Lipinski definition) is 0. The fourth-order valence-corrected chi connectivity index (χ4v) is 1.46. The van der Waals surface area contributed by atoms with Gasteiger partial charge in [0, 0.05) is 5.56 Å². The van der Waals surface area contributed by atoms with Gasteiger partial charge in [0.1, 0.15) is 0 Å². The second-order valence-corrected chi connectivity index (χ2v) is 4.81. The summed E-state index contributed by atoms with van der Waals surface area (Å²) >= 11 is 0. The van der Waals surface area contributed by atoms with Crippen LogP contribution in [-0.4, -0.2) is 13.9 Å². The summed E-state index contributed by atoms with van der Waals surface area (Å²) < 4.78 is 85.1. The molecule has 0 N–H and O–H groups in total. The highest BCUT2D eigenvalue weighted by molar-refractivity contribution is 7.87. The second-order valence-electron chi connectivity index (χ2n) is 3.21. The third-order valence-electron chi connectivity index (χ3n) is 1.87. The second kappa shape index (κ2) is 5.19. The van der Waals surface area contributed by atoms with Crippen LogP contribution in [0, 0.1) is 0 Å². The molecule has 18 heavy (non-hydrogen) atoms. The monoisotopic (exact) mass is 290 g/mol. The molecule has 102 valence electrons. The average molecular weight is 290 g/mol. The highest BCUT2D eigenvalue weighted by Crippen LogP contribution is 2.26. The molecule has 0 bridgehead atoms. The summed E-state index contributed by atoms with van der Waals surface area (Å²) in [5.74, 6) is 0. The Balaban J connectivity index is 2.79. The zero-order chi connectivity index (χ0) is 14.0. The molecule has 0 atom stereocenters. The molecule has 1 rings (SSSR count). The molecule has 0 saturated carbocycles. The first-order valence-electron chi connectivity index (χ1n) is 4.46. The molecule has 0 spiro atoms. The first-order chi connectivity index (χ1) is 8.13. The molecule has 1 aromatic carbocycles. The van der Waals surface area contributed by atoms with Crippen molar-refractivity contribution in [3.8, 4) is 0 Å². The first kappa shape index (κ1) is 14.8. The molecule has 3 nitrogen and oxygen atoms in total. The van der Waals surface area contributed by atoms with E-state index in [-0.39, 0.29) is 5.56 Å². The van der Waals surface area contributed by atoms with E-state index in [4.69, 9.17) is 0 Å². The molecule has 0 heterocycles. The summed E-state index contributed by atoms with van der Waals surface area (Å²) in [6.45, 7) is -0.956. The summed E-state index contributed by atoms with van der Waals surface area (Å²) in [5.41, 5.74) is -6.06. The lowest BCUT2D eigenvalue weighted by molar-refractivity contribution is -0.0547. The van der Waals surface area contributed by atoms with E-state index < -0.39 is 34.2 Å². The van der Waals surface area contributed by atoms with Gasteiger partial charge in [-0.25, -0.2) is 8.78 Å². The molecule has 0 saturated heterocycles. The minimum atomic E-state index is -5.72. The lowest BCUT2D eigenvalue weighted by atomic mass is 10.1. The fourth-order valence-electron chi connectivity index (χ4n) is 1.03. The Kier molecular flexibility index (Phi) is 4.28. The van der Waals surface area contributed by atoms with Crippen LogP contribution in [0.4, 0.5) is 22.0 Å². The molecular weight excluding hydrogens is 283 g/mol. The third kappa shape index (κ3) is 3.64. The van der Waals surface area contributed by atoms with E-state index in [1.165, 1.54) is 12.1 Å². The van der Waals surface area contributed by atoms with Crippen LogP contribution < -0.4 is 0 Å². The van der Waals surface area contributed by atoms with E-state index >= 15 is 0 Å². The van der Waals surface area contributed by atoms with Gasteiger partial charge in [0.25, 0.3) is 6.43 Å². The van der Waals surface area contributed by atoms with E-state index in [1.807, 2.05) is 0 Å². The Morgan fingerprint density at radius 2 is 1.83 bits per heavy atom. The zero-order valence-corrected chi connectivity index (χ0v) is 9.43. The zero-order valence-electron chi connectivity index (χ0n) is 8.62. The summed E-state index contributed by atoms with van der Waals surface area (Å²) in [7, 11) is -5.72. The van der Waals surface area contributed by atoms with E-state index in [9.17, 15) is 30.4 Å². The number of alkyl halides is 5. The van der Waals surface area contributed by atoms with Crippen molar-refractivity contribution in [2.75, 3.05) is 0 Å². The lowest BCUT2D eigenvalue weighted by Crippen LogP contribution is -2.25. The third-order valence-corrected chi connectivity index (χ3v) is 2.86. The summed E-state index contributed by atoms with van der Waals surface area (Å²) in [5, 5.41) is 0. The largest absolute Gasteiger partial charge is 0.523 e. The van der Waals surface area contributed by atoms with E-state index in [0.29, 0.717) is 0 Å². The Hall–Kier alpha value is -1.22. The summed E-state index contributed by atoms with van der Waals surface area (Å²) in [6, 6.07) is 4.28. The molecule has 0 amide bonds. The van der Waals surface area contributed by atoms with Crippen molar-refractivity contribution in [3.05, 3.63) is 35.4 Å². The van der Waals surface area contributed by atoms with E-state index in [2.05, 4.69) is 4.18 Å². The van der Waals surface area contributed by atoms with E-state index in [1.54, 1.807) is 0 Å². The standard InChI is InChI=1S/C9H7F5O3S/c10-8(11)7-3-1-2-6(4-7)5-17-18(15,16)9(12,13)14/h1-4,8H,5H2. The Morgan fingerprint density at radius 3 is 2.33 bits per heavy atom. The molecule has 0 aliphatic rings. The van der Waals surface area contributed by atoms with Crippen molar-refractivity contribution in [1.29, 1.82) is 0 Å². The van der Waals surface area contributed by atoms with Crippen molar-refractivity contribution in [3.63, 3.8) is 0 Å². The fraction of sp³-hybridized carbons (Fsp3) is 0.333. The quantitative estimate of drug-likeness (QED) is 0.486. The van der Waals surface area contributed by atoms with Gasteiger partial charge in [-0.3, -0.25) is 4.18 Å². The van der Waals surface area contributed by atoms with Crippen molar-refractivity contribution in [2.45, 2.75) is 18.5 Å². The SMILES string of the molecule is O=S(=O)(OCc1cccc(C(F)F)c1)C(F)(F)F. The Labute approximate surface area is 99.3 Å². The lowest BCUT2D eigenvalue weighted by Gasteiger charge is -2.09. The van der Waals surface area contributed by atoms with Crippen LogP contribution in [0.25, 0.3) is 0 Å². The van der Waals surface area contributed by atoms with Crippen molar-refractivity contribution >= 4 is 10.1 Å². The van der Waals surface area contributed by atoms with Crippen molar-refractivity contribution in [1.82, 2.24) is 0 Å². The minimum absolute atomic E-state index is 0.0966. The normalized spacial score (nSPS) is 13.0. The Morgan fingerprint density at radius 1 is 1.22 bits per heavy atom. The Bertz CT molecular complexity index is 509. The van der Waals surface area contributed by atoms with Crippen LogP contribution in [0.5, 0.6) is 0 Å². The molecule has 0 aliphatic heterocycles. The van der Waals surface area contributed by atoms with Crippen LogP contribution >= 0.6 is 0 Å². The van der Waals surface area contributed by atoms with Crippen LogP contribution in [0.3, 0.4) is 0 Å². The van der Waals surface area contributed by atoms with Crippen molar-refractivity contribution in [2.24, 2.45) is 0 Å². The molecule has 0 unspecified atom stereocenters. The number of rotatable bonds is 4. The molecule has 9 heteroatoms. The van der Waals surface area contributed by atoms with Gasteiger partial charge in [-0.15, -0.1) is 0 Å². The average Bonchev–Trinajstić information content (AvgIpc) is 2.25. The number of benzene rings is 1. The van der Waals surface area contributed by atoms with Gasteiger partial charge in [-0.1, -0.05) is 18.2 Å². The van der Waals surface area contributed by atoms with Crippen LogP contribution in [0.2, 0.25) is 0 Å². The van der Waals surface area contributed by atoms with Crippen LogP contribution in [0.1, 0.15) is 17.6 Å². The predicted octanol–water partition coefficient (Wildman–Crippen LogP) is 2.99. The predicted molar refractivity (Wildman–Crippen MR) is 51.2 cm³/mol. The maximum Gasteiger partial charge on any atom is 0.523 e. The molecular formula is C9H7F5O3S. The van der Waals surface area contributed by atoms with Gasteiger partial charge in [0.2, 0.25) is 0 Å². The van der Waals surface area contributed by atoms with Gasteiger partial charge in [0.05, 0.1) is 6.61 Å². The highest BCUT2D eigenvalue weighted by atomic mass is 32.2. The van der Waals surface area contributed by atoms with Gasteiger partial charge in [0.15, 0.2) is 0 Å².